The molecule has 4 heteroatoms. The van der Waals surface area contributed by atoms with Crippen LogP contribution in [0, 0.1) is 5.92 Å². The SMILES string of the molecule is CCNC(c1sccc1Cl)C(OCC)C(C)C. The van der Waals surface area contributed by atoms with E-state index in [0.717, 1.165) is 18.2 Å². The minimum absolute atomic E-state index is 0.163. The number of ether oxygens (including phenoxy) is 1. The number of nitrogens with one attached hydrogen (secondary N) is 1. The van der Waals surface area contributed by atoms with E-state index in [2.05, 4.69) is 26.1 Å². The van der Waals surface area contributed by atoms with Crippen molar-refractivity contribution in [2.24, 2.45) is 5.92 Å². The lowest BCUT2D eigenvalue weighted by Crippen LogP contribution is -2.37. The molecule has 0 aliphatic heterocycles. The van der Waals surface area contributed by atoms with Crippen molar-refractivity contribution in [2.75, 3.05) is 13.2 Å². The number of thiophene rings is 1. The van der Waals surface area contributed by atoms with Crippen LogP contribution in [0.1, 0.15) is 38.6 Å². The van der Waals surface area contributed by atoms with Gasteiger partial charge in [-0.25, -0.2) is 0 Å². The van der Waals surface area contributed by atoms with Gasteiger partial charge in [0.15, 0.2) is 0 Å². The smallest absolute Gasteiger partial charge is 0.0800 e. The predicted octanol–water partition coefficient (Wildman–Crippen LogP) is 4.11. The lowest BCUT2D eigenvalue weighted by Gasteiger charge is -2.30. The first kappa shape index (κ1) is 15.0. The van der Waals surface area contributed by atoms with Crippen LogP contribution in [0.5, 0.6) is 0 Å². The number of hydrogen-bond donors (Lipinski definition) is 1. The fraction of sp³-hybridized carbons (Fsp3) is 0.692. The molecule has 0 aromatic carbocycles. The maximum absolute atomic E-state index is 6.23. The van der Waals surface area contributed by atoms with E-state index in [1.54, 1.807) is 11.3 Å². The van der Waals surface area contributed by atoms with E-state index in [0.29, 0.717) is 5.92 Å². The summed E-state index contributed by atoms with van der Waals surface area (Å²) in [5, 5.41) is 6.37. The van der Waals surface area contributed by atoms with Crippen molar-refractivity contribution in [2.45, 2.75) is 39.8 Å². The van der Waals surface area contributed by atoms with E-state index < -0.39 is 0 Å². The quantitative estimate of drug-likeness (QED) is 0.808. The highest BCUT2D eigenvalue weighted by molar-refractivity contribution is 7.10. The summed E-state index contributed by atoms with van der Waals surface area (Å²) >= 11 is 7.93. The van der Waals surface area contributed by atoms with Gasteiger partial charge in [0.05, 0.1) is 17.2 Å². The predicted molar refractivity (Wildman–Crippen MR) is 76.0 cm³/mol. The molecule has 0 saturated heterocycles. The van der Waals surface area contributed by atoms with Crippen LogP contribution >= 0.6 is 22.9 Å². The molecule has 0 bridgehead atoms. The molecule has 0 spiro atoms. The Bertz CT molecular complexity index is 327. The Morgan fingerprint density at radius 2 is 2.12 bits per heavy atom. The van der Waals surface area contributed by atoms with Gasteiger partial charge >= 0.3 is 0 Å². The molecule has 0 fully saturated rings. The van der Waals surface area contributed by atoms with Crippen molar-refractivity contribution < 1.29 is 4.74 Å². The second kappa shape index (κ2) is 7.37. The second-order valence-electron chi connectivity index (χ2n) is 4.33. The van der Waals surface area contributed by atoms with Gasteiger partial charge in [-0.2, -0.15) is 0 Å². The Kier molecular flexibility index (Phi) is 6.49. The first-order valence-electron chi connectivity index (χ1n) is 6.19. The Labute approximate surface area is 113 Å². The molecule has 2 unspecified atom stereocenters. The first-order valence-corrected chi connectivity index (χ1v) is 7.45. The van der Waals surface area contributed by atoms with E-state index in [1.807, 2.05) is 18.4 Å². The average molecular weight is 276 g/mol. The maximum atomic E-state index is 6.23. The Morgan fingerprint density at radius 3 is 2.53 bits per heavy atom. The molecule has 0 amide bonds. The zero-order chi connectivity index (χ0) is 12.8. The van der Waals surface area contributed by atoms with Crippen molar-refractivity contribution in [3.05, 3.63) is 21.3 Å². The molecule has 1 aromatic heterocycles. The molecule has 0 aliphatic carbocycles. The molecule has 0 aliphatic rings. The summed E-state index contributed by atoms with van der Waals surface area (Å²) in [6, 6.07) is 2.14. The van der Waals surface area contributed by atoms with Crippen LogP contribution in [0.3, 0.4) is 0 Å². The summed E-state index contributed by atoms with van der Waals surface area (Å²) in [5.74, 6) is 0.456. The van der Waals surface area contributed by atoms with Gasteiger partial charge < -0.3 is 10.1 Å². The Hall–Kier alpha value is -0.0900. The second-order valence-corrected chi connectivity index (χ2v) is 5.69. The summed E-state index contributed by atoms with van der Waals surface area (Å²) in [7, 11) is 0. The zero-order valence-electron chi connectivity index (χ0n) is 11.0. The normalized spacial score (nSPS) is 15.2. The highest BCUT2D eigenvalue weighted by Crippen LogP contribution is 2.33. The van der Waals surface area contributed by atoms with Gasteiger partial charge in [-0.15, -0.1) is 11.3 Å². The fourth-order valence-corrected chi connectivity index (χ4v) is 3.26. The van der Waals surface area contributed by atoms with Crippen LogP contribution in [0.25, 0.3) is 0 Å². The van der Waals surface area contributed by atoms with Gasteiger partial charge in [0, 0.05) is 11.5 Å². The molecule has 17 heavy (non-hydrogen) atoms. The Morgan fingerprint density at radius 1 is 1.41 bits per heavy atom. The topological polar surface area (TPSA) is 21.3 Å². The third kappa shape index (κ3) is 3.95. The van der Waals surface area contributed by atoms with Gasteiger partial charge in [0.25, 0.3) is 0 Å². The molecular formula is C13H22ClNOS. The zero-order valence-corrected chi connectivity index (χ0v) is 12.6. The molecule has 1 rings (SSSR count). The standard InChI is InChI=1S/C13H22ClNOS/c1-5-15-11(12(9(3)4)16-6-2)13-10(14)7-8-17-13/h7-9,11-12,15H,5-6H2,1-4H3. The van der Waals surface area contributed by atoms with Crippen molar-refractivity contribution >= 4 is 22.9 Å². The molecule has 1 N–H and O–H groups in total. The molecule has 98 valence electrons. The van der Waals surface area contributed by atoms with E-state index >= 15 is 0 Å². The highest BCUT2D eigenvalue weighted by Gasteiger charge is 2.28. The molecule has 0 saturated carbocycles. The average Bonchev–Trinajstić information content (AvgIpc) is 2.69. The van der Waals surface area contributed by atoms with Crippen molar-refractivity contribution in [3.8, 4) is 0 Å². The molecule has 2 atom stereocenters. The van der Waals surface area contributed by atoms with Crippen molar-refractivity contribution in [3.63, 3.8) is 0 Å². The lowest BCUT2D eigenvalue weighted by atomic mass is 9.98. The molecule has 1 aromatic rings. The number of likely N-dealkylation sites (N-methyl/N-ethyl adjacent to an activating group) is 1. The molecular weight excluding hydrogens is 254 g/mol. The minimum Gasteiger partial charge on any atom is -0.376 e. The van der Waals surface area contributed by atoms with E-state index in [9.17, 15) is 0 Å². The van der Waals surface area contributed by atoms with Crippen molar-refractivity contribution in [1.29, 1.82) is 0 Å². The van der Waals surface area contributed by atoms with Crippen LogP contribution in [0.15, 0.2) is 11.4 Å². The van der Waals surface area contributed by atoms with Crippen LogP contribution in [0.2, 0.25) is 5.02 Å². The van der Waals surface area contributed by atoms with Crippen LogP contribution in [-0.2, 0) is 4.74 Å². The highest BCUT2D eigenvalue weighted by atomic mass is 35.5. The number of halogens is 1. The largest absolute Gasteiger partial charge is 0.376 e. The third-order valence-corrected chi connectivity index (χ3v) is 4.14. The van der Waals surface area contributed by atoms with Gasteiger partial charge in [-0.3, -0.25) is 0 Å². The fourth-order valence-electron chi connectivity index (χ4n) is 1.97. The number of rotatable bonds is 7. The minimum atomic E-state index is 0.163. The molecule has 1 heterocycles. The summed E-state index contributed by atoms with van der Waals surface area (Å²) in [5.41, 5.74) is 0. The Balaban J connectivity index is 2.93. The third-order valence-electron chi connectivity index (χ3n) is 2.70. The van der Waals surface area contributed by atoms with Gasteiger partial charge in [0.2, 0.25) is 0 Å². The van der Waals surface area contributed by atoms with Crippen molar-refractivity contribution in [1.82, 2.24) is 5.32 Å². The summed E-state index contributed by atoms with van der Waals surface area (Å²) < 4.78 is 5.88. The first-order chi connectivity index (χ1) is 8.11. The van der Waals surface area contributed by atoms with Gasteiger partial charge in [0.1, 0.15) is 0 Å². The summed E-state index contributed by atoms with van der Waals surface area (Å²) in [6.07, 6.45) is 0.163. The molecule has 0 radical (unpaired) electrons. The van der Waals surface area contributed by atoms with Gasteiger partial charge in [-0.1, -0.05) is 32.4 Å². The van der Waals surface area contributed by atoms with E-state index in [1.165, 1.54) is 4.88 Å². The van der Waals surface area contributed by atoms with Crippen LogP contribution < -0.4 is 5.32 Å². The maximum Gasteiger partial charge on any atom is 0.0800 e. The summed E-state index contributed by atoms with van der Waals surface area (Å²) in [6.45, 7) is 10.2. The van der Waals surface area contributed by atoms with E-state index in [4.69, 9.17) is 16.3 Å². The lowest BCUT2D eigenvalue weighted by molar-refractivity contribution is 0.00404. The number of hydrogen-bond acceptors (Lipinski definition) is 3. The van der Waals surface area contributed by atoms with E-state index in [-0.39, 0.29) is 12.1 Å². The van der Waals surface area contributed by atoms with Crippen LogP contribution in [0.4, 0.5) is 0 Å². The summed E-state index contributed by atoms with van der Waals surface area (Å²) in [4.78, 5) is 1.18. The monoisotopic (exact) mass is 275 g/mol. The molecule has 2 nitrogen and oxygen atoms in total. The van der Waals surface area contributed by atoms with Gasteiger partial charge in [-0.05, 0) is 30.8 Å². The van der Waals surface area contributed by atoms with Crippen LogP contribution in [-0.4, -0.2) is 19.3 Å².